The molecule has 2 unspecified atom stereocenters. The van der Waals surface area contributed by atoms with E-state index in [4.69, 9.17) is 4.74 Å². The maximum atomic E-state index is 9.41. The zero-order valence-corrected chi connectivity index (χ0v) is 7.63. The summed E-state index contributed by atoms with van der Waals surface area (Å²) in [4.78, 5) is 0. The van der Waals surface area contributed by atoms with Crippen LogP contribution in [0.1, 0.15) is 33.6 Å². The number of aliphatic hydroxyl groups excluding tert-OH is 1. The molecule has 0 aliphatic carbocycles. The van der Waals surface area contributed by atoms with Crippen molar-refractivity contribution in [1.82, 2.24) is 0 Å². The molecule has 1 aliphatic rings. The first-order valence-corrected chi connectivity index (χ1v) is 4.36. The molecule has 1 fully saturated rings. The highest BCUT2D eigenvalue weighted by molar-refractivity contribution is 4.85. The van der Waals surface area contributed by atoms with E-state index in [9.17, 15) is 5.11 Å². The van der Waals surface area contributed by atoms with E-state index in [1.165, 1.54) is 0 Å². The Balaban J connectivity index is 2.55. The molecule has 0 aromatic carbocycles. The van der Waals surface area contributed by atoms with Crippen molar-refractivity contribution < 1.29 is 9.84 Å². The maximum Gasteiger partial charge on any atom is 0.0701 e. The van der Waals surface area contributed by atoms with Crippen LogP contribution in [0.25, 0.3) is 0 Å². The molecule has 11 heavy (non-hydrogen) atoms. The van der Waals surface area contributed by atoms with Crippen LogP contribution < -0.4 is 0 Å². The molecule has 1 N–H and O–H groups in total. The summed E-state index contributed by atoms with van der Waals surface area (Å²) in [5.41, 5.74) is -0.0995. The van der Waals surface area contributed by atoms with Crippen molar-refractivity contribution in [3.63, 3.8) is 0 Å². The van der Waals surface area contributed by atoms with Crippen molar-refractivity contribution in [2.24, 2.45) is 5.92 Å². The second-order valence-corrected chi connectivity index (χ2v) is 3.96. The minimum Gasteiger partial charge on any atom is -0.393 e. The maximum absolute atomic E-state index is 9.41. The normalized spacial score (nSPS) is 39.5. The van der Waals surface area contributed by atoms with Crippen molar-refractivity contribution in [3.05, 3.63) is 0 Å². The van der Waals surface area contributed by atoms with Gasteiger partial charge in [0.1, 0.15) is 0 Å². The molecule has 1 heterocycles. The lowest BCUT2D eigenvalue weighted by molar-refractivity contribution is -0.131. The minimum absolute atomic E-state index is 0.0995. The van der Waals surface area contributed by atoms with E-state index in [1.54, 1.807) is 0 Å². The van der Waals surface area contributed by atoms with Gasteiger partial charge in [-0.2, -0.15) is 0 Å². The lowest BCUT2D eigenvalue weighted by Gasteiger charge is -2.39. The largest absolute Gasteiger partial charge is 0.393 e. The molecule has 0 aromatic heterocycles. The minimum atomic E-state index is -0.156. The van der Waals surface area contributed by atoms with Crippen molar-refractivity contribution >= 4 is 0 Å². The van der Waals surface area contributed by atoms with Gasteiger partial charge >= 0.3 is 0 Å². The standard InChI is InChI=1S/C9H18O2/c1-7(2)9(3)6-8(10)4-5-11-9/h7-8,10H,4-6H2,1-3H3. The van der Waals surface area contributed by atoms with Gasteiger partial charge in [0.2, 0.25) is 0 Å². The summed E-state index contributed by atoms with van der Waals surface area (Å²) < 4.78 is 5.64. The third kappa shape index (κ3) is 1.94. The van der Waals surface area contributed by atoms with E-state index in [1.807, 2.05) is 0 Å². The SMILES string of the molecule is CC(C)C1(C)CC(O)CCO1. The van der Waals surface area contributed by atoms with Gasteiger partial charge < -0.3 is 9.84 Å². The topological polar surface area (TPSA) is 29.5 Å². The van der Waals surface area contributed by atoms with Crippen LogP contribution in [0.5, 0.6) is 0 Å². The molecular formula is C9H18O2. The molecule has 66 valence electrons. The fraction of sp³-hybridized carbons (Fsp3) is 1.00. The van der Waals surface area contributed by atoms with Gasteiger partial charge in [0, 0.05) is 13.0 Å². The average Bonchev–Trinajstić information content (AvgIpc) is 1.86. The molecule has 1 aliphatic heterocycles. The molecular weight excluding hydrogens is 140 g/mol. The Hall–Kier alpha value is -0.0800. The van der Waals surface area contributed by atoms with Gasteiger partial charge in [-0.15, -0.1) is 0 Å². The number of ether oxygens (including phenoxy) is 1. The Bertz CT molecular complexity index is 134. The highest BCUT2D eigenvalue weighted by Gasteiger charge is 2.34. The molecule has 2 nitrogen and oxygen atoms in total. The lowest BCUT2D eigenvalue weighted by atomic mass is 9.84. The Kier molecular flexibility index (Phi) is 2.55. The van der Waals surface area contributed by atoms with Crippen LogP contribution in [0.3, 0.4) is 0 Å². The molecule has 0 saturated carbocycles. The molecule has 0 radical (unpaired) electrons. The summed E-state index contributed by atoms with van der Waals surface area (Å²) in [7, 11) is 0. The van der Waals surface area contributed by atoms with Crippen LogP contribution in [0, 0.1) is 5.92 Å². The van der Waals surface area contributed by atoms with E-state index in [2.05, 4.69) is 20.8 Å². The first kappa shape index (κ1) is 9.01. The summed E-state index contributed by atoms with van der Waals surface area (Å²) in [6.07, 6.45) is 1.42. The van der Waals surface area contributed by atoms with E-state index >= 15 is 0 Å². The van der Waals surface area contributed by atoms with E-state index in [-0.39, 0.29) is 11.7 Å². The Morgan fingerprint density at radius 1 is 1.55 bits per heavy atom. The van der Waals surface area contributed by atoms with Crippen molar-refractivity contribution in [2.45, 2.75) is 45.3 Å². The zero-order chi connectivity index (χ0) is 8.48. The van der Waals surface area contributed by atoms with Gasteiger partial charge in [-0.3, -0.25) is 0 Å². The van der Waals surface area contributed by atoms with Crippen LogP contribution in [0.2, 0.25) is 0 Å². The summed E-state index contributed by atoms with van der Waals surface area (Å²) in [5.74, 6) is 0.484. The number of rotatable bonds is 1. The van der Waals surface area contributed by atoms with Gasteiger partial charge in [-0.05, 0) is 19.3 Å². The van der Waals surface area contributed by atoms with Gasteiger partial charge in [0.15, 0.2) is 0 Å². The Labute approximate surface area is 68.6 Å². The lowest BCUT2D eigenvalue weighted by Crippen LogP contribution is -2.43. The summed E-state index contributed by atoms with van der Waals surface area (Å²) in [6.45, 7) is 7.06. The van der Waals surface area contributed by atoms with Gasteiger partial charge in [-0.1, -0.05) is 13.8 Å². The number of aliphatic hydroxyl groups is 1. The number of hydrogen-bond acceptors (Lipinski definition) is 2. The molecule has 2 atom stereocenters. The van der Waals surface area contributed by atoms with Crippen molar-refractivity contribution in [3.8, 4) is 0 Å². The predicted octanol–water partition coefficient (Wildman–Crippen LogP) is 1.57. The molecule has 0 amide bonds. The van der Waals surface area contributed by atoms with Gasteiger partial charge in [-0.25, -0.2) is 0 Å². The van der Waals surface area contributed by atoms with Crippen LogP contribution in [-0.2, 0) is 4.74 Å². The van der Waals surface area contributed by atoms with Crippen LogP contribution in [-0.4, -0.2) is 23.4 Å². The Morgan fingerprint density at radius 3 is 2.55 bits per heavy atom. The van der Waals surface area contributed by atoms with Crippen LogP contribution in [0.4, 0.5) is 0 Å². The summed E-state index contributed by atoms with van der Waals surface area (Å²) >= 11 is 0. The second kappa shape index (κ2) is 3.11. The fourth-order valence-electron chi connectivity index (χ4n) is 1.46. The van der Waals surface area contributed by atoms with Crippen molar-refractivity contribution in [1.29, 1.82) is 0 Å². The first-order valence-electron chi connectivity index (χ1n) is 4.36. The fourth-order valence-corrected chi connectivity index (χ4v) is 1.46. The van der Waals surface area contributed by atoms with E-state index in [0.717, 1.165) is 12.8 Å². The molecule has 0 bridgehead atoms. The summed E-state index contributed by atoms with van der Waals surface area (Å²) in [5, 5.41) is 9.41. The van der Waals surface area contributed by atoms with Gasteiger partial charge in [0.05, 0.1) is 11.7 Å². The molecule has 0 spiro atoms. The molecule has 0 aromatic rings. The van der Waals surface area contributed by atoms with Crippen LogP contribution >= 0.6 is 0 Å². The second-order valence-electron chi connectivity index (χ2n) is 3.96. The molecule has 1 saturated heterocycles. The monoisotopic (exact) mass is 158 g/mol. The summed E-state index contributed by atoms with van der Waals surface area (Å²) in [6, 6.07) is 0. The molecule has 2 heteroatoms. The molecule has 1 rings (SSSR count). The highest BCUT2D eigenvalue weighted by Crippen LogP contribution is 2.31. The third-order valence-electron chi connectivity index (χ3n) is 2.75. The third-order valence-corrected chi connectivity index (χ3v) is 2.75. The zero-order valence-electron chi connectivity index (χ0n) is 7.63. The Morgan fingerprint density at radius 2 is 2.18 bits per heavy atom. The quantitative estimate of drug-likeness (QED) is 0.627. The highest BCUT2D eigenvalue weighted by atomic mass is 16.5. The van der Waals surface area contributed by atoms with E-state index < -0.39 is 0 Å². The van der Waals surface area contributed by atoms with Crippen LogP contribution in [0.15, 0.2) is 0 Å². The first-order chi connectivity index (χ1) is 5.04. The average molecular weight is 158 g/mol. The van der Waals surface area contributed by atoms with Gasteiger partial charge in [0.25, 0.3) is 0 Å². The van der Waals surface area contributed by atoms with E-state index in [0.29, 0.717) is 12.5 Å². The smallest absolute Gasteiger partial charge is 0.0701 e. The van der Waals surface area contributed by atoms with Crippen molar-refractivity contribution in [2.75, 3.05) is 6.61 Å². The number of hydrogen-bond donors (Lipinski definition) is 1. The predicted molar refractivity (Wildman–Crippen MR) is 44.4 cm³/mol.